The molecule has 4 rings (SSSR count). The Balaban J connectivity index is 1.42. The van der Waals surface area contributed by atoms with E-state index in [0.29, 0.717) is 43.9 Å². The van der Waals surface area contributed by atoms with Crippen molar-refractivity contribution in [2.75, 3.05) is 27.3 Å². The summed E-state index contributed by atoms with van der Waals surface area (Å²) in [5.74, 6) is 1.74. The van der Waals surface area contributed by atoms with E-state index in [2.05, 4.69) is 5.32 Å². The molecule has 2 aliphatic rings. The maximum atomic E-state index is 13.2. The Morgan fingerprint density at radius 2 is 1.65 bits per heavy atom. The van der Waals surface area contributed by atoms with Crippen molar-refractivity contribution in [3.63, 3.8) is 0 Å². The molecule has 2 aliphatic heterocycles. The van der Waals surface area contributed by atoms with Gasteiger partial charge in [-0.3, -0.25) is 4.79 Å². The fourth-order valence-electron chi connectivity index (χ4n) is 4.63. The highest BCUT2D eigenvalue weighted by atomic mass is 32.2. The lowest BCUT2D eigenvalue weighted by Crippen LogP contribution is -2.46. The molecule has 184 valence electrons. The highest BCUT2D eigenvalue weighted by Crippen LogP contribution is 2.41. The Hall–Kier alpha value is -2.78. The van der Waals surface area contributed by atoms with Crippen LogP contribution in [-0.4, -0.2) is 51.5 Å². The first kappa shape index (κ1) is 24.3. The number of nitrogens with zero attached hydrogens (tertiary/aromatic N) is 1. The van der Waals surface area contributed by atoms with Gasteiger partial charge in [0.2, 0.25) is 15.9 Å². The molecular formula is C25H32N2O6S. The number of benzene rings is 2. The van der Waals surface area contributed by atoms with Crippen LogP contribution in [0.1, 0.15) is 44.7 Å². The molecule has 0 aliphatic carbocycles. The average molecular weight is 489 g/mol. The molecule has 34 heavy (non-hydrogen) atoms. The number of rotatable bonds is 6. The zero-order chi connectivity index (χ0) is 24.5. The second-order valence-corrected chi connectivity index (χ2v) is 11.3. The van der Waals surface area contributed by atoms with Crippen molar-refractivity contribution in [1.29, 1.82) is 0 Å². The van der Waals surface area contributed by atoms with Gasteiger partial charge >= 0.3 is 0 Å². The number of amides is 1. The van der Waals surface area contributed by atoms with Gasteiger partial charge in [0.1, 0.15) is 22.8 Å². The van der Waals surface area contributed by atoms with Gasteiger partial charge in [-0.2, -0.15) is 4.31 Å². The van der Waals surface area contributed by atoms with E-state index in [1.165, 1.54) is 11.4 Å². The van der Waals surface area contributed by atoms with Gasteiger partial charge in [0.25, 0.3) is 0 Å². The Bertz CT molecular complexity index is 1140. The van der Waals surface area contributed by atoms with Crippen LogP contribution in [0.4, 0.5) is 0 Å². The largest absolute Gasteiger partial charge is 0.497 e. The Morgan fingerprint density at radius 1 is 1.03 bits per heavy atom. The molecular weight excluding hydrogens is 456 g/mol. The zero-order valence-corrected chi connectivity index (χ0v) is 20.9. The predicted molar refractivity (Wildman–Crippen MR) is 128 cm³/mol. The first-order chi connectivity index (χ1) is 16.1. The van der Waals surface area contributed by atoms with Crippen LogP contribution in [0.5, 0.6) is 17.2 Å². The molecule has 0 saturated carbocycles. The molecule has 1 atom stereocenters. The molecule has 0 unspecified atom stereocenters. The van der Waals surface area contributed by atoms with Crippen LogP contribution in [0.15, 0.2) is 47.4 Å². The van der Waals surface area contributed by atoms with Gasteiger partial charge in [0, 0.05) is 31.0 Å². The van der Waals surface area contributed by atoms with E-state index in [-0.39, 0.29) is 22.8 Å². The van der Waals surface area contributed by atoms with E-state index in [9.17, 15) is 13.2 Å². The molecule has 8 nitrogen and oxygen atoms in total. The first-order valence-corrected chi connectivity index (χ1v) is 12.9. The zero-order valence-electron chi connectivity index (χ0n) is 20.0. The minimum atomic E-state index is -3.61. The van der Waals surface area contributed by atoms with Crippen LogP contribution < -0.4 is 19.5 Å². The van der Waals surface area contributed by atoms with E-state index in [0.717, 1.165) is 11.3 Å². The number of carbonyl (C=O) groups excluding carboxylic acids is 1. The van der Waals surface area contributed by atoms with E-state index in [4.69, 9.17) is 14.2 Å². The first-order valence-electron chi connectivity index (χ1n) is 11.4. The van der Waals surface area contributed by atoms with Gasteiger partial charge < -0.3 is 19.5 Å². The maximum absolute atomic E-state index is 13.2. The summed E-state index contributed by atoms with van der Waals surface area (Å²) in [6.45, 7) is 4.61. The average Bonchev–Trinajstić information content (AvgIpc) is 2.83. The highest BCUT2D eigenvalue weighted by Gasteiger charge is 2.37. The van der Waals surface area contributed by atoms with Crippen LogP contribution in [0.25, 0.3) is 0 Å². The summed E-state index contributed by atoms with van der Waals surface area (Å²) in [4.78, 5) is 13.4. The molecule has 1 N–H and O–H groups in total. The van der Waals surface area contributed by atoms with E-state index in [1.54, 1.807) is 31.4 Å². The SMILES string of the molecule is COc1ccc(S(=O)(=O)N2CCC(C(=O)N[C@H]3CC(C)(C)Oc4ccc(OC)cc43)CC2)cc1. The van der Waals surface area contributed by atoms with Crippen molar-refractivity contribution in [2.45, 2.75) is 49.6 Å². The van der Waals surface area contributed by atoms with Crippen molar-refractivity contribution < 1.29 is 27.4 Å². The Labute approximate surface area is 201 Å². The van der Waals surface area contributed by atoms with Crippen molar-refractivity contribution in [1.82, 2.24) is 9.62 Å². The minimum Gasteiger partial charge on any atom is -0.497 e. The van der Waals surface area contributed by atoms with Crippen molar-refractivity contribution in [3.05, 3.63) is 48.0 Å². The smallest absolute Gasteiger partial charge is 0.243 e. The summed E-state index contributed by atoms with van der Waals surface area (Å²) in [5, 5.41) is 3.19. The topological polar surface area (TPSA) is 94.2 Å². The van der Waals surface area contributed by atoms with E-state index < -0.39 is 15.6 Å². The van der Waals surface area contributed by atoms with Gasteiger partial charge in [0.15, 0.2) is 0 Å². The van der Waals surface area contributed by atoms with Crippen LogP contribution in [-0.2, 0) is 14.8 Å². The van der Waals surface area contributed by atoms with Crippen LogP contribution in [0.2, 0.25) is 0 Å². The summed E-state index contributed by atoms with van der Waals surface area (Å²) >= 11 is 0. The summed E-state index contributed by atoms with van der Waals surface area (Å²) in [7, 11) is -0.465. The molecule has 1 amide bonds. The van der Waals surface area contributed by atoms with E-state index >= 15 is 0 Å². The third kappa shape index (κ3) is 5.00. The second kappa shape index (κ2) is 9.46. The molecule has 0 bridgehead atoms. The third-order valence-electron chi connectivity index (χ3n) is 6.51. The lowest BCUT2D eigenvalue weighted by Gasteiger charge is -2.39. The fraction of sp³-hybridized carbons (Fsp3) is 0.480. The monoisotopic (exact) mass is 488 g/mol. The van der Waals surface area contributed by atoms with Gasteiger partial charge in [-0.1, -0.05) is 0 Å². The van der Waals surface area contributed by atoms with Crippen LogP contribution in [0, 0.1) is 5.92 Å². The maximum Gasteiger partial charge on any atom is 0.243 e. The molecule has 0 spiro atoms. The van der Waals surface area contributed by atoms with Crippen LogP contribution >= 0.6 is 0 Å². The second-order valence-electron chi connectivity index (χ2n) is 9.38. The number of hydrogen-bond donors (Lipinski definition) is 1. The van der Waals surface area contributed by atoms with Crippen molar-refractivity contribution in [2.24, 2.45) is 5.92 Å². The predicted octanol–water partition coefficient (Wildman–Crippen LogP) is 3.52. The Kier molecular flexibility index (Phi) is 6.78. The molecule has 0 radical (unpaired) electrons. The summed E-state index contributed by atoms with van der Waals surface area (Å²) < 4.78 is 44.0. The normalized spacial score (nSPS) is 20.6. The minimum absolute atomic E-state index is 0.0574. The quantitative estimate of drug-likeness (QED) is 0.669. The molecule has 9 heteroatoms. The lowest BCUT2D eigenvalue weighted by molar-refractivity contribution is -0.127. The number of methoxy groups -OCH3 is 2. The molecule has 2 aromatic rings. The molecule has 2 heterocycles. The number of nitrogens with one attached hydrogen (secondary N) is 1. The van der Waals surface area contributed by atoms with Gasteiger partial charge in [-0.25, -0.2) is 8.42 Å². The standard InChI is InChI=1S/C25H32N2O6S/c1-25(2)16-22(21-15-19(32-4)7-10-23(21)33-25)26-24(28)17-11-13-27(14-12-17)34(29,30)20-8-5-18(31-3)6-9-20/h5-10,15,17,22H,11-14,16H2,1-4H3,(H,26,28)/t22-/m0/s1. The number of sulfonamides is 1. The summed E-state index contributed by atoms with van der Waals surface area (Å²) in [6.07, 6.45) is 1.57. The summed E-state index contributed by atoms with van der Waals surface area (Å²) in [5.41, 5.74) is 0.474. The Morgan fingerprint density at radius 3 is 2.26 bits per heavy atom. The number of ether oxygens (including phenoxy) is 3. The van der Waals surface area contributed by atoms with Crippen molar-refractivity contribution in [3.8, 4) is 17.2 Å². The van der Waals surface area contributed by atoms with Gasteiger partial charge in [-0.05, 0) is 69.2 Å². The van der Waals surface area contributed by atoms with E-state index in [1.807, 2.05) is 32.0 Å². The van der Waals surface area contributed by atoms with Crippen LogP contribution in [0.3, 0.4) is 0 Å². The van der Waals surface area contributed by atoms with Crippen molar-refractivity contribution >= 4 is 15.9 Å². The third-order valence-corrected chi connectivity index (χ3v) is 8.43. The lowest BCUT2D eigenvalue weighted by atomic mass is 9.88. The molecule has 2 aromatic carbocycles. The number of fused-ring (bicyclic) bond motifs is 1. The van der Waals surface area contributed by atoms with Gasteiger partial charge in [-0.15, -0.1) is 0 Å². The summed E-state index contributed by atoms with van der Waals surface area (Å²) in [6, 6.07) is 11.8. The van der Waals surface area contributed by atoms with Gasteiger partial charge in [0.05, 0.1) is 25.2 Å². The highest BCUT2D eigenvalue weighted by molar-refractivity contribution is 7.89. The number of hydrogen-bond acceptors (Lipinski definition) is 6. The molecule has 0 aromatic heterocycles. The number of carbonyl (C=O) groups is 1. The molecule has 1 fully saturated rings. The number of piperidine rings is 1. The molecule has 1 saturated heterocycles. The fourth-order valence-corrected chi connectivity index (χ4v) is 6.10.